The number of carbonyl (C=O) groups is 2. The van der Waals surface area contributed by atoms with Gasteiger partial charge >= 0.3 is 22.1 Å². The number of hydrogen-bond donors (Lipinski definition) is 2. The number of fused-ring (bicyclic) bond motifs is 1. The first-order chi connectivity index (χ1) is 16.8. The number of amides is 2. The summed E-state index contributed by atoms with van der Waals surface area (Å²) in [4.78, 5) is 24.9. The Hall–Kier alpha value is -4.37. The number of anilines is 2. The van der Waals surface area contributed by atoms with Crippen molar-refractivity contribution in [2.75, 3.05) is 17.7 Å². The summed E-state index contributed by atoms with van der Waals surface area (Å²) in [6.07, 6.45) is 0. The van der Waals surface area contributed by atoms with Crippen molar-refractivity contribution in [2.24, 2.45) is 0 Å². The van der Waals surface area contributed by atoms with E-state index in [9.17, 15) is 18.0 Å². The molecule has 0 bridgehead atoms. The van der Waals surface area contributed by atoms with Crippen LogP contribution < -0.4 is 14.8 Å². The van der Waals surface area contributed by atoms with Gasteiger partial charge in [-0.25, -0.2) is 9.59 Å². The van der Waals surface area contributed by atoms with Gasteiger partial charge in [-0.2, -0.15) is 8.42 Å². The third kappa shape index (κ3) is 5.42. The fraction of sp³-hybridized carbons (Fsp3) is 0.0769. The number of hydrogen-bond acceptors (Lipinski definition) is 6. The molecule has 178 valence electrons. The summed E-state index contributed by atoms with van der Waals surface area (Å²) >= 11 is 0. The van der Waals surface area contributed by atoms with E-state index in [-0.39, 0.29) is 21.9 Å². The Morgan fingerprint density at radius 3 is 2.29 bits per heavy atom. The van der Waals surface area contributed by atoms with Gasteiger partial charge in [-0.05, 0) is 48.7 Å². The van der Waals surface area contributed by atoms with Crippen molar-refractivity contribution in [1.29, 1.82) is 0 Å². The van der Waals surface area contributed by atoms with Crippen LogP contribution in [0, 0.1) is 6.92 Å². The van der Waals surface area contributed by atoms with Gasteiger partial charge in [0, 0.05) is 11.1 Å². The number of nitrogens with one attached hydrogen (secondary N) is 2. The van der Waals surface area contributed by atoms with Crippen LogP contribution in [0.2, 0.25) is 0 Å². The van der Waals surface area contributed by atoms with E-state index < -0.39 is 22.1 Å². The fourth-order valence-electron chi connectivity index (χ4n) is 3.44. The maximum absolute atomic E-state index is 12.7. The summed E-state index contributed by atoms with van der Waals surface area (Å²) in [5.41, 5.74) is 1.57. The first-order valence-corrected chi connectivity index (χ1v) is 12.0. The molecule has 0 atom stereocenters. The van der Waals surface area contributed by atoms with E-state index in [1.165, 1.54) is 30.3 Å². The van der Waals surface area contributed by atoms with Crippen LogP contribution in [0.15, 0.2) is 89.8 Å². The summed E-state index contributed by atoms with van der Waals surface area (Å²) in [6, 6.07) is 22.7. The zero-order chi connectivity index (χ0) is 25.0. The van der Waals surface area contributed by atoms with E-state index in [1.807, 2.05) is 43.3 Å². The number of benzene rings is 4. The quantitative estimate of drug-likeness (QED) is 0.279. The van der Waals surface area contributed by atoms with Crippen molar-refractivity contribution in [1.82, 2.24) is 0 Å². The van der Waals surface area contributed by atoms with Crippen LogP contribution >= 0.6 is 0 Å². The van der Waals surface area contributed by atoms with E-state index in [4.69, 9.17) is 8.92 Å². The Morgan fingerprint density at radius 1 is 0.829 bits per heavy atom. The molecule has 0 aliphatic carbocycles. The molecule has 2 amide bonds. The summed E-state index contributed by atoms with van der Waals surface area (Å²) < 4.78 is 35.4. The van der Waals surface area contributed by atoms with Crippen LogP contribution in [0.4, 0.5) is 16.2 Å². The predicted octanol–water partition coefficient (Wildman–Crippen LogP) is 5.35. The molecular weight excluding hydrogens is 468 g/mol. The fourth-order valence-corrected chi connectivity index (χ4v) is 4.39. The van der Waals surface area contributed by atoms with E-state index in [0.29, 0.717) is 5.69 Å². The second-order valence-corrected chi connectivity index (χ2v) is 9.21. The zero-order valence-corrected chi connectivity index (χ0v) is 19.8. The molecule has 9 heteroatoms. The Kier molecular flexibility index (Phi) is 6.70. The number of rotatable bonds is 6. The topological polar surface area (TPSA) is 111 Å². The number of carbonyl (C=O) groups excluding carboxylic acids is 2. The molecule has 0 saturated carbocycles. The van der Waals surface area contributed by atoms with E-state index in [0.717, 1.165) is 23.4 Å². The maximum atomic E-state index is 12.7. The number of aryl methyl sites for hydroxylation is 1. The number of ether oxygens (including phenoxy) is 1. The number of methoxy groups -OCH3 is 1. The van der Waals surface area contributed by atoms with Crippen LogP contribution in [0.3, 0.4) is 0 Å². The van der Waals surface area contributed by atoms with Crippen molar-refractivity contribution in [3.63, 3.8) is 0 Å². The average molecular weight is 491 g/mol. The van der Waals surface area contributed by atoms with E-state index >= 15 is 0 Å². The third-order valence-electron chi connectivity index (χ3n) is 5.19. The first kappa shape index (κ1) is 23.8. The Morgan fingerprint density at radius 2 is 1.54 bits per heavy atom. The second kappa shape index (κ2) is 9.86. The smallest absolute Gasteiger partial charge is 0.341 e. The molecule has 0 heterocycles. The summed E-state index contributed by atoms with van der Waals surface area (Å²) in [5, 5.41) is 7.25. The normalized spacial score (nSPS) is 11.0. The van der Waals surface area contributed by atoms with Gasteiger partial charge in [0.15, 0.2) is 5.75 Å². The van der Waals surface area contributed by atoms with Gasteiger partial charge in [-0.1, -0.05) is 54.1 Å². The van der Waals surface area contributed by atoms with Crippen molar-refractivity contribution in [2.45, 2.75) is 11.8 Å². The van der Waals surface area contributed by atoms with Crippen LogP contribution in [-0.4, -0.2) is 27.5 Å². The van der Waals surface area contributed by atoms with Crippen LogP contribution in [-0.2, 0) is 14.9 Å². The second-order valence-electron chi connectivity index (χ2n) is 7.66. The van der Waals surface area contributed by atoms with Crippen molar-refractivity contribution < 1.29 is 26.9 Å². The van der Waals surface area contributed by atoms with E-state index in [1.54, 1.807) is 18.2 Å². The van der Waals surface area contributed by atoms with Crippen LogP contribution in [0.5, 0.6) is 5.75 Å². The highest BCUT2D eigenvalue weighted by molar-refractivity contribution is 7.87. The lowest BCUT2D eigenvalue weighted by molar-refractivity contribution is 0.0599. The van der Waals surface area contributed by atoms with Gasteiger partial charge in [0.25, 0.3) is 0 Å². The Bertz CT molecular complexity index is 1510. The van der Waals surface area contributed by atoms with Crippen molar-refractivity contribution in [3.8, 4) is 5.75 Å². The van der Waals surface area contributed by atoms with Gasteiger partial charge in [-0.3, -0.25) is 0 Å². The lowest BCUT2D eigenvalue weighted by Gasteiger charge is -2.14. The standard InChI is InChI=1S/C26H22N2O6S/c1-17-10-13-20(14-11-17)35(31,32)34-24-15-12-19(16-22(24)25(29)33-2)27-26(30)28-23-9-5-7-18-6-3-4-8-21(18)23/h3-16H,1-2H3,(H2,27,28,30). The molecule has 0 aliphatic heterocycles. The molecule has 4 rings (SSSR count). The molecule has 2 N–H and O–H groups in total. The third-order valence-corrected chi connectivity index (χ3v) is 6.44. The minimum atomic E-state index is -4.20. The van der Waals surface area contributed by atoms with E-state index in [2.05, 4.69) is 10.6 Å². The monoisotopic (exact) mass is 490 g/mol. The average Bonchev–Trinajstić information content (AvgIpc) is 2.85. The molecular formula is C26H22N2O6S. The molecule has 0 unspecified atom stereocenters. The summed E-state index contributed by atoms with van der Waals surface area (Å²) in [6.45, 7) is 1.83. The van der Waals surface area contributed by atoms with Crippen molar-refractivity contribution >= 4 is 44.3 Å². The highest BCUT2D eigenvalue weighted by Crippen LogP contribution is 2.28. The number of urea groups is 1. The molecule has 4 aromatic carbocycles. The molecule has 0 aromatic heterocycles. The molecule has 4 aromatic rings. The molecule has 8 nitrogen and oxygen atoms in total. The summed E-state index contributed by atoms with van der Waals surface area (Å²) in [5.74, 6) is -1.05. The van der Waals surface area contributed by atoms with Gasteiger partial charge in [-0.15, -0.1) is 0 Å². The molecule has 0 spiro atoms. The Balaban J connectivity index is 1.57. The molecule has 0 radical (unpaired) electrons. The highest BCUT2D eigenvalue weighted by Gasteiger charge is 2.22. The summed E-state index contributed by atoms with van der Waals surface area (Å²) in [7, 11) is -3.04. The van der Waals surface area contributed by atoms with Gasteiger partial charge in [0.2, 0.25) is 0 Å². The lowest BCUT2D eigenvalue weighted by atomic mass is 10.1. The van der Waals surface area contributed by atoms with Crippen LogP contribution in [0.1, 0.15) is 15.9 Å². The molecule has 0 saturated heterocycles. The van der Waals surface area contributed by atoms with Crippen molar-refractivity contribution in [3.05, 3.63) is 96.1 Å². The molecule has 35 heavy (non-hydrogen) atoms. The van der Waals surface area contributed by atoms with Gasteiger partial charge in [0.05, 0.1) is 12.8 Å². The van der Waals surface area contributed by atoms with Crippen LogP contribution in [0.25, 0.3) is 10.8 Å². The molecule has 0 aliphatic rings. The lowest BCUT2D eigenvalue weighted by Crippen LogP contribution is -2.20. The maximum Gasteiger partial charge on any atom is 0.341 e. The largest absolute Gasteiger partial charge is 0.465 e. The minimum absolute atomic E-state index is 0.0596. The first-order valence-electron chi connectivity index (χ1n) is 10.6. The van der Waals surface area contributed by atoms with Gasteiger partial charge in [0.1, 0.15) is 10.5 Å². The predicted molar refractivity (Wildman–Crippen MR) is 133 cm³/mol. The zero-order valence-electron chi connectivity index (χ0n) is 18.9. The highest BCUT2D eigenvalue weighted by atomic mass is 32.2. The number of esters is 1. The van der Waals surface area contributed by atoms with Gasteiger partial charge < -0.3 is 19.6 Å². The molecule has 0 fully saturated rings. The minimum Gasteiger partial charge on any atom is -0.465 e. The SMILES string of the molecule is COC(=O)c1cc(NC(=O)Nc2cccc3ccccc23)ccc1OS(=O)(=O)c1ccc(C)cc1. The Labute approximate surface area is 202 Å².